The summed E-state index contributed by atoms with van der Waals surface area (Å²) in [6.07, 6.45) is 5.39. The molecule has 0 saturated carbocycles. The van der Waals surface area contributed by atoms with Crippen LogP contribution in [0.5, 0.6) is 0 Å². The van der Waals surface area contributed by atoms with E-state index in [-0.39, 0.29) is 0 Å². The third-order valence-electron chi connectivity index (χ3n) is 4.79. The summed E-state index contributed by atoms with van der Waals surface area (Å²) in [6, 6.07) is 4.27. The molecule has 0 radical (unpaired) electrons. The predicted molar refractivity (Wildman–Crippen MR) is 110 cm³/mol. The van der Waals surface area contributed by atoms with Crippen LogP contribution in [-0.4, -0.2) is 64.6 Å². The maximum Gasteiger partial charge on any atom is 0.191 e. The fraction of sp³-hybridized carbons (Fsp3) is 0.700. The normalized spacial score (nSPS) is 15.8. The Bertz CT molecular complexity index is 542. The number of nitrogens with zero attached hydrogens (tertiary/aromatic N) is 3. The second-order valence-corrected chi connectivity index (χ2v) is 7.01. The molecule has 0 amide bonds. The molecule has 0 spiro atoms. The zero-order valence-corrected chi connectivity index (χ0v) is 17.0. The van der Waals surface area contributed by atoms with Gasteiger partial charge in [-0.2, -0.15) is 0 Å². The highest BCUT2D eigenvalue weighted by molar-refractivity contribution is 5.79. The fourth-order valence-corrected chi connectivity index (χ4v) is 2.98. The van der Waals surface area contributed by atoms with Crippen LogP contribution in [0, 0.1) is 5.92 Å². The van der Waals surface area contributed by atoms with Gasteiger partial charge in [0.15, 0.2) is 5.96 Å². The smallest absolute Gasteiger partial charge is 0.191 e. The molecule has 2 N–H and O–H groups in total. The summed E-state index contributed by atoms with van der Waals surface area (Å²) >= 11 is 0. The zero-order chi connectivity index (χ0) is 19.3. The van der Waals surface area contributed by atoms with E-state index < -0.39 is 0 Å². The molecule has 2 rings (SSSR count). The highest BCUT2D eigenvalue weighted by atomic mass is 16.5. The van der Waals surface area contributed by atoms with Gasteiger partial charge in [-0.3, -0.25) is 4.99 Å². The number of anilines is 1. The number of guanidine groups is 1. The molecular formula is C20H35N5O2. The van der Waals surface area contributed by atoms with Gasteiger partial charge in [0.1, 0.15) is 5.82 Å². The van der Waals surface area contributed by atoms with Crippen LogP contribution in [-0.2, 0) is 16.0 Å². The van der Waals surface area contributed by atoms with E-state index in [0.29, 0.717) is 26.4 Å². The van der Waals surface area contributed by atoms with E-state index in [4.69, 9.17) is 9.47 Å². The average molecular weight is 378 g/mol. The number of pyridine rings is 1. The molecule has 1 fully saturated rings. The number of hydrogen-bond acceptors (Lipinski definition) is 5. The van der Waals surface area contributed by atoms with Crippen LogP contribution < -0.4 is 15.5 Å². The van der Waals surface area contributed by atoms with Crippen molar-refractivity contribution in [3.63, 3.8) is 0 Å². The van der Waals surface area contributed by atoms with Gasteiger partial charge in [-0.25, -0.2) is 4.98 Å². The first-order valence-corrected chi connectivity index (χ1v) is 9.94. The molecular weight excluding hydrogens is 342 g/mol. The lowest BCUT2D eigenvalue weighted by atomic mass is 9.99. The molecule has 1 saturated heterocycles. The van der Waals surface area contributed by atoms with Crippen molar-refractivity contribution in [2.45, 2.75) is 32.7 Å². The van der Waals surface area contributed by atoms with Crippen molar-refractivity contribution in [1.82, 2.24) is 15.6 Å². The van der Waals surface area contributed by atoms with Crippen molar-refractivity contribution in [2.75, 3.05) is 58.5 Å². The number of ether oxygens (including phenoxy) is 2. The summed E-state index contributed by atoms with van der Waals surface area (Å²) in [5.74, 6) is 2.71. The van der Waals surface area contributed by atoms with E-state index in [9.17, 15) is 0 Å². The number of rotatable bonds is 10. The summed E-state index contributed by atoms with van der Waals surface area (Å²) in [5, 5.41) is 6.62. The quantitative estimate of drug-likeness (QED) is 0.369. The van der Waals surface area contributed by atoms with Gasteiger partial charge in [-0.15, -0.1) is 0 Å². The summed E-state index contributed by atoms with van der Waals surface area (Å²) in [4.78, 5) is 11.3. The molecule has 1 aliphatic rings. The first-order valence-electron chi connectivity index (χ1n) is 9.94. The Balaban J connectivity index is 1.65. The third kappa shape index (κ3) is 8.13. The highest BCUT2D eigenvalue weighted by Gasteiger charge is 2.16. The summed E-state index contributed by atoms with van der Waals surface area (Å²) < 4.78 is 10.4. The highest BCUT2D eigenvalue weighted by Crippen LogP contribution is 2.21. The molecule has 7 heteroatoms. The Labute approximate surface area is 163 Å². The topological polar surface area (TPSA) is 71.0 Å². The number of hydrogen-bond donors (Lipinski definition) is 2. The van der Waals surface area contributed by atoms with Crippen LogP contribution in [0.3, 0.4) is 0 Å². The lowest BCUT2D eigenvalue weighted by molar-refractivity contribution is 0.0698. The Morgan fingerprint density at radius 1 is 1.22 bits per heavy atom. The van der Waals surface area contributed by atoms with Crippen molar-refractivity contribution in [1.29, 1.82) is 0 Å². The van der Waals surface area contributed by atoms with E-state index in [1.807, 2.05) is 6.20 Å². The monoisotopic (exact) mass is 377 g/mol. The van der Waals surface area contributed by atoms with E-state index in [1.54, 1.807) is 14.2 Å². The van der Waals surface area contributed by atoms with Crippen LogP contribution in [0.15, 0.2) is 23.3 Å². The summed E-state index contributed by atoms with van der Waals surface area (Å²) in [7, 11) is 3.46. The van der Waals surface area contributed by atoms with Crippen LogP contribution in [0.4, 0.5) is 5.82 Å². The van der Waals surface area contributed by atoms with E-state index in [1.165, 1.54) is 12.8 Å². The Morgan fingerprint density at radius 2 is 2.04 bits per heavy atom. The molecule has 0 atom stereocenters. The molecule has 0 aliphatic carbocycles. The van der Waals surface area contributed by atoms with Crippen LogP contribution in [0.1, 0.15) is 31.7 Å². The predicted octanol–water partition coefficient (Wildman–Crippen LogP) is 2.04. The lowest BCUT2D eigenvalue weighted by Crippen LogP contribution is -2.37. The first-order chi connectivity index (χ1) is 13.2. The number of aromatic nitrogens is 1. The minimum Gasteiger partial charge on any atom is -0.382 e. The van der Waals surface area contributed by atoms with Crippen LogP contribution in [0.2, 0.25) is 0 Å². The van der Waals surface area contributed by atoms with Crippen LogP contribution in [0.25, 0.3) is 0 Å². The standard InChI is InChI=1S/C20H35N5O2/c1-17-7-10-25(11-8-17)19-6-5-18(15-23-19)16-24-20(21-2)22-9-4-12-27-14-13-26-3/h5-6,15,17H,4,7-14,16H2,1-3H3,(H2,21,22,24). The van der Waals surface area contributed by atoms with Gasteiger partial charge in [0.25, 0.3) is 0 Å². The molecule has 27 heavy (non-hydrogen) atoms. The maximum absolute atomic E-state index is 5.45. The third-order valence-corrected chi connectivity index (χ3v) is 4.79. The molecule has 0 unspecified atom stereocenters. The Kier molecular flexibility index (Phi) is 9.94. The SMILES string of the molecule is CN=C(NCCCOCCOC)NCc1ccc(N2CCC(C)CC2)nc1. The minimum atomic E-state index is 0.639. The van der Waals surface area contributed by atoms with Gasteiger partial charge in [-0.1, -0.05) is 13.0 Å². The molecule has 0 bridgehead atoms. The van der Waals surface area contributed by atoms with Gasteiger partial charge in [0.05, 0.1) is 13.2 Å². The first kappa shape index (κ1) is 21.4. The molecule has 1 aliphatic heterocycles. The zero-order valence-electron chi connectivity index (χ0n) is 17.0. The Morgan fingerprint density at radius 3 is 2.70 bits per heavy atom. The van der Waals surface area contributed by atoms with Gasteiger partial charge in [-0.05, 0) is 36.8 Å². The molecule has 2 heterocycles. The van der Waals surface area contributed by atoms with Gasteiger partial charge >= 0.3 is 0 Å². The minimum absolute atomic E-state index is 0.639. The second-order valence-electron chi connectivity index (χ2n) is 7.01. The van der Waals surface area contributed by atoms with Crippen molar-refractivity contribution in [2.24, 2.45) is 10.9 Å². The van der Waals surface area contributed by atoms with E-state index in [2.05, 4.69) is 44.6 Å². The molecule has 152 valence electrons. The number of piperidine rings is 1. The van der Waals surface area contributed by atoms with Gasteiger partial charge in [0.2, 0.25) is 0 Å². The Hall–Kier alpha value is -1.86. The number of methoxy groups -OCH3 is 1. The van der Waals surface area contributed by atoms with Crippen molar-refractivity contribution < 1.29 is 9.47 Å². The fourth-order valence-electron chi connectivity index (χ4n) is 2.98. The maximum atomic E-state index is 5.45. The molecule has 7 nitrogen and oxygen atoms in total. The molecule has 1 aromatic rings. The summed E-state index contributed by atoms with van der Waals surface area (Å²) in [6.45, 7) is 8.06. The molecule has 1 aromatic heterocycles. The average Bonchev–Trinajstić information content (AvgIpc) is 2.70. The summed E-state index contributed by atoms with van der Waals surface area (Å²) in [5.41, 5.74) is 1.15. The van der Waals surface area contributed by atoms with E-state index in [0.717, 1.165) is 49.3 Å². The molecule has 0 aromatic carbocycles. The second kappa shape index (κ2) is 12.5. The number of nitrogens with one attached hydrogen (secondary N) is 2. The number of aliphatic imine (C=N–C) groups is 1. The van der Waals surface area contributed by atoms with E-state index >= 15 is 0 Å². The lowest BCUT2D eigenvalue weighted by Gasteiger charge is -2.31. The largest absolute Gasteiger partial charge is 0.382 e. The van der Waals surface area contributed by atoms with Crippen molar-refractivity contribution >= 4 is 11.8 Å². The van der Waals surface area contributed by atoms with Gasteiger partial charge < -0.3 is 25.0 Å². The van der Waals surface area contributed by atoms with Crippen molar-refractivity contribution in [3.8, 4) is 0 Å². The van der Waals surface area contributed by atoms with Crippen molar-refractivity contribution in [3.05, 3.63) is 23.9 Å². The van der Waals surface area contributed by atoms with Crippen LogP contribution >= 0.6 is 0 Å². The van der Waals surface area contributed by atoms with Gasteiger partial charge in [0, 0.05) is 53.1 Å².